The van der Waals surface area contributed by atoms with Gasteiger partial charge in [0.15, 0.2) is 0 Å². The van der Waals surface area contributed by atoms with Crippen LogP contribution in [0.2, 0.25) is 0 Å². The summed E-state index contributed by atoms with van der Waals surface area (Å²) in [7, 11) is -2.28. The number of carbonyl (C=O) groups excluding carboxylic acids is 1. The van der Waals surface area contributed by atoms with E-state index in [0.29, 0.717) is 0 Å². The Bertz CT molecular complexity index is 972. The van der Waals surface area contributed by atoms with Crippen molar-refractivity contribution in [2.24, 2.45) is 0 Å². The van der Waals surface area contributed by atoms with E-state index in [1.54, 1.807) is 36.0 Å². The molecule has 5 nitrogen and oxygen atoms in total. The Morgan fingerprint density at radius 2 is 1.76 bits per heavy atom. The van der Waals surface area contributed by atoms with Crippen LogP contribution in [0.3, 0.4) is 0 Å². The lowest BCUT2D eigenvalue weighted by molar-refractivity contribution is -0.121. The first-order chi connectivity index (χ1) is 13.8. The lowest BCUT2D eigenvalue weighted by Crippen LogP contribution is -2.39. The van der Waals surface area contributed by atoms with Crippen molar-refractivity contribution in [2.75, 3.05) is 19.8 Å². The second-order valence-corrected chi connectivity index (χ2v) is 10.4. The lowest BCUT2D eigenvalue weighted by Gasteiger charge is -2.21. The number of likely N-dealkylation sites (N-methyl/N-ethyl adjacent to an activating group) is 1. The summed E-state index contributed by atoms with van der Waals surface area (Å²) >= 11 is 1.55. The molecule has 1 N–H and O–H groups in total. The highest BCUT2D eigenvalue weighted by Crippen LogP contribution is 2.25. The largest absolute Gasteiger partial charge is 0.348 e. The molecule has 0 bridgehead atoms. The van der Waals surface area contributed by atoms with Crippen LogP contribution in [-0.4, -0.2) is 38.5 Å². The molecular weight excluding hydrogens is 404 g/mol. The van der Waals surface area contributed by atoms with E-state index in [9.17, 15) is 13.2 Å². The summed E-state index contributed by atoms with van der Waals surface area (Å²) in [5.74, 6) is -0.318. The molecule has 0 aromatic heterocycles. The fourth-order valence-corrected chi connectivity index (χ4v) is 5.14. The monoisotopic (exact) mass is 432 g/mol. The van der Waals surface area contributed by atoms with Crippen LogP contribution >= 0.6 is 11.8 Å². The standard InChI is InChI=1S/C22H28N2O3S2/c1-16(18-9-8-17-6-4-5-7-19(17)14-18)23-22(25)15-24(2)29(26,27)21-12-10-20(28-3)11-13-21/h8-14,16H,4-7,15H2,1-3H3,(H,23,25)/t16-/m1/s1. The van der Waals surface area contributed by atoms with Crippen molar-refractivity contribution in [3.8, 4) is 0 Å². The molecule has 29 heavy (non-hydrogen) atoms. The molecule has 0 unspecified atom stereocenters. The molecule has 3 rings (SSSR count). The van der Waals surface area contributed by atoms with Gasteiger partial charge < -0.3 is 5.32 Å². The summed E-state index contributed by atoms with van der Waals surface area (Å²) in [5, 5.41) is 2.93. The molecule has 2 aromatic rings. The van der Waals surface area contributed by atoms with Crippen LogP contribution in [0, 0.1) is 0 Å². The zero-order chi connectivity index (χ0) is 21.0. The molecule has 0 radical (unpaired) electrons. The lowest BCUT2D eigenvalue weighted by atomic mass is 9.89. The molecule has 0 saturated heterocycles. The van der Waals surface area contributed by atoms with Crippen LogP contribution in [0.25, 0.3) is 0 Å². The van der Waals surface area contributed by atoms with E-state index < -0.39 is 10.0 Å². The number of amides is 1. The third kappa shape index (κ3) is 5.21. The SMILES string of the molecule is CSc1ccc(S(=O)(=O)N(C)CC(=O)N[C@H](C)c2ccc3c(c2)CCCC3)cc1. The van der Waals surface area contributed by atoms with E-state index >= 15 is 0 Å². The van der Waals surface area contributed by atoms with E-state index in [-0.39, 0.29) is 23.4 Å². The van der Waals surface area contributed by atoms with Gasteiger partial charge in [0.05, 0.1) is 17.5 Å². The van der Waals surface area contributed by atoms with Crippen molar-refractivity contribution in [1.82, 2.24) is 9.62 Å². The van der Waals surface area contributed by atoms with Crippen LogP contribution in [0.5, 0.6) is 0 Å². The minimum atomic E-state index is -3.71. The number of benzene rings is 2. The fourth-order valence-electron chi connectivity index (χ4n) is 3.61. The molecular formula is C22H28N2O3S2. The maximum atomic E-state index is 12.7. The first-order valence-electron chi connectivity index (χ1n) is 9.82. The summed E-state index contributed by atoms with van der Waals surface area (Å²) in [6.07, 6.45) is 6.58. The van der Waals surface area contributed by atoms with Gasteiger partial charge in [0.2, 0.25) is 15.9 Å². The molecule has 0 aliphatic heterocycles. The van der Waals surface area contributed by atoms with Gasteiger partial charge in [-0.05, 0) is 79.8 Å². The van der Waals surface area contributed by atoms with Crippen LogP contribution in [0.4, 0.5) is 0 Å². The van der Waals surface area contributed by atoms with Crippen molar-refractivity contribution >= 4 is 27.7 Å². The molecule has 0 heterocycles. The molecule has 156 valence electrons. The summed E-state index contributed by atoms with van der Waals surface area (Å²) in [6.45, 7) is 1.71. The van der Waals surface area contributed by atoms with Gasteiger partial charge in [-0.3, -0.25) is 4.79 Å². The van der Waals surface area contributed by atoms with Gasteiger partial charge in [-0.2, -0.15) is 4.31 Å². The van der Waals surface area contributed by atoms with E-state index in [4.69, 9.17) is 0 Å². The fraction of sp³-hybridized carbons (Fsp3) is 0.409. The average Bonchev–Trinajstić information content (AvgIpc) is 2.73. The highest BCUT2D eigenvalue weighted by atomic mass is 32.2. The summed E-state index contributed by atoms with van der Waals surface area (Å²) < 4.78 is 26.5. The zero-order valence-corrected chi connectivity index (χ0v) is 18.8. The van der Waals surface area contributed by atoms with Gasteiger partial charge in [0.1, 0.15) is 0 Å². The molecule has 1 atom stereocenters. The van der Waals surface area contributed by atoms with E-state index in [0.717, 1.165) is 27.6 Å². The van der Waals surface area contributed by atoms with Crippen molar-refractivity contribution in [3.05, 3.63) is 59.2 Å². The van der Waals surface area contributed by atoms with Gasteiger partial charge in [-0.25, -0.2) is 8.42 Å². The highest BCUT2D eigenvalue weighted by molar-refractivity contribution is 7.98. The number of aryl methyl sites for hydroxylation is 2. The van der Waals surface area contributed by atoms with Crippen LogP contribution in [0.15, 0.2) is 52.3 Å². The minimum absolute atomic E-state index is 0.174. The van der Waals surface area contributed by atoms with Crippen molar-refractivity contribution in [1.29, 1.82) is 0 Å². The van der Waals surface area contributed by atoms with Gasteiger partial charge in [-0.1, -0.05) is 18.2 Å². The normalized spacial score (nSPS) is 15.0. The van der Waals surface area contributed by atoms with Crippen molar-refractivity contribution < 1.29 is 13.2 Å². The van der Waals surface area contributed by atoms with Gasteiger partial charge in [0.25, 0.3) is 0 Å². The summed E-state index contributed by atoms with van der Waals surface area (Å²) in [4.78, 5) is 13.7. The molecule has 2 aromatic carbocycles. The molecule has 1 aliphatic rings. The topological polar surface area (TPSA) is 66.5 Å². The third-order valence-corrected chi connectivity index (χ3v) is 7.95. The maximum Gasteiger partial charge on any atom is 0.243 e. The molecule has 1 aliphatic carbocycles. The van der Waals surface area contributed by atoms with Crippen molar-refractivity contribution in [3.63, 3.8) is 0 Å². The second-order valence-electron chi connectivity index (χ2n) is 7.46. The quantitative estimate of drug-likeness (QED) is 0.676. The summed E-state index contributed by atoms with van der Waals surface area (Å²) in [6, 6.07) is 12.9. The number of hydrogen-bond acceptors (Lipinski definition) is 4. The smallest absolute Gasteiger partial charge is 0.243 e. The predicted molar refractivity (Wildman–Crippen MR) is 118 cm³/mol. The Kier molecular flexibility index (Phi) is 7.03. The zero-order valence-electron chi connectivity index (χ0n) is 17.1. The number of carbonyl (C=O) groups is 1. The van der Waals surface area contributed by atoms with Gasteiger partial charge >= 0.3 is 0 Å². The van der Waals surface area contributed by atoms with E-state index in [1.165, 1.54) is 31.0 Å². The minimum Gasteiger partial charge on any atom is -0.348 e. The van der Waals surface area contributed by atoms with Crippen LogP contribution < -0.4 is 5.32 Å². The van der Waals surface area contributed by atoms with Crippen LogP contribution in [0.1, 0.15) is 42.5 Å². The summed E-state index contributed by atoms with van der Waals surface area (Å²) in [5.41, 5.74) is 3.82. The number of hydrogen-bond donors (Lipinski definition) is 1. The second kappa shape index (κ2) is 9.32. The average molecular weight is 433 g/mol. The molecule has 7 heteroatoms. The van der Waals surface area contributed by atoms with E-state index in [1.807, 2.05) is 13.2 Å². The van der Waals surface area contributed by atoms with Crippen LogP contribution in [-0.2, 0) is 27.7 Å². The number of fused-ring (bicyclic) bond motifs is 1. The maximum absolute atomic E-state index is 12.7. The highest BCUT2D eigenvalue weighted by Gasteiger charge is 2.24. The number of rotatable bonds is 7. The van der Waals surface area contributed by atoms with E-state index in [2.05, 4.69) is 23.5 Å². The Balaban J connectivity index is 1.63. The molecule has 0 spiro atoms. The number of nitrogens with zero attached hydrogens (tertiary/aromatic N) is 1. The Labute approximate surface area is 177 Å². The Morgan fingerprint density at radius 1 is 1.10 bits per heavy atom. The molecule has 0 saturated carbocycles. The predicted octanol–water partition coefficient (Wildman–Crippen LogP) is 3.79. The first kappa shape index (κ1) is 21.9. The molecule has 1 amide bonds. The Morgan fingerprint density at radius 3 is 2.41 bits per heavy atom. The third-order valence-electron chi connectivity index (χ3n) is 5.38. The van der Waals surface area contributed by atoms with Gasteiger partial charge in [0, 0.05) is 11.9 Å². The molecule has 0 fully saturated rings. The first-order valence-corrected chi connectivity index (χ1v) is 12.5. The Hall–Kier alpha value is -1.83. The van der Waals surface area contributed by atoms with Crippen molar-refractivity contribution in [2.45, 2.75) is 48.4 Å². The van der Waals surface area contributed by atoms with Gasteiger partial charge in [-0.15, -0.1) is 11.8 Å². The number of thioether (sulfide) groups is 1. The number of sulfonamides is 1. The number of nitrogens with one attached hydrogen (secondary N) is 1.